The SMILES string of the molecule is COc1ccc(-c2oncc2CC(=O)O)cc1. The summed E-state index contributed by atoms with van der Waals surface area (Å²) in [5.74, 6) is 0.297. The number of benzene rings is 1. The van der Waals surface area contributed by atoms with Crippen LogP contribution in [0, 0.1) is 0 Å². The normalized spacial score (nSPS) is 10.2. The van der Waals surface area contributed by atoms with E-state index in [0.29, 0.717) is 11.3 Å². The molecule has 0 spiro atoms. The number of ether oxygens (including phenoxy) is 1. The molecule has 0 radical (unpaired) electrons. The third kappa shape index (κ3) is 2.44. The van der Waals surface area contributed by atoms with Gasteiger partial charge in [-0.25, -0.2) is 0 Å². The van der Waals surface area contributed by atoms with Crippen LogP contribution in [0.1, 0.15) is 5.56 Å². The van der Waals surface area contributed by atoms with Crippen LogP contribution in [0.5, 0.6) is 5.75 Å². The van der Waals surface area contributed by atoms with Gasteiger partial charge in [-0.15, -0.1) is 0 Å². The number of aromatic nitrogens is 1. The van der Waals surface area contributed by atoms with Gasteiger partial charge in [-0.3, -0.25) is 4.79 Å². The number of hydrogen-bond donors (Lipinski definition) is 1. The highest BCUT2D eigenvalue weighted by Crippen LogP contribution is 2.25. The van der Waals surface area contributed by atoms with Crippen LogP contribution in [0.2, 0.25) is 0 Å². The Morgan fingerprint density at radius 1 is 1.41 bits per heavy atom. The van der Waals surface area contributed by atoms with Crippen molar-refractivity contribution in [2.45, 2.75) is 6.42 Å². The summed E-state index contributed by atoms with van der Waals surface area (Å²) in [4.78, 5) is 10.7. The Morgan fingerprint density at radius 2 is 2.12 bits per heavy atom. The third-order valence-corrected chi connectivity index (χ3v) is 2.34. The molecule has 0 saturated carbocycles. The molecule has 0 bridgehead atoms. The van der Waals surface area contributed by atoms with Crippen molar-refractivity contribution < 1.29 is 19.2 Å². The maximum Gasteiger partial charge on any atom is 0.308 e. The van der Waals surface area contributed by atoms with Gasteiger partial charge in [0.15, 0.2) is 5.76 Å². The summed E-state index contributed by atoms with van der Waals surface area (Å²) in [5, 5.41) is 12.4. The van der Waals surface area contributed by atoms with E-state index in [4.69, 9.17) is 14.4 Å². The van der Waals surface area contributed by atoms with E-state index in [2.05, 4.69) is 5.16 Å². The van der Waals surface area contributed by atoms with E-state index in [-0.39, 0.29) is 6.42 Å². The summed E-state index contributed by atoms with van der Waals surface area (Å²) < 4.78 is 10.1. The standard InChI is InChI=1S/C12H11NO4/c1-16-10-4-2-8(3-5-10)12-9(6-11(14)15)7-13-17-12/h2-5,7H,6H2,1H3,(H,14,15). The lowest BCUT2D eigenvalue weighted by molar-refractivity contribution is -0.136. The van der Waals surface area contributed by atoms with Gasteiger partial charge in [0.1, 0.15) is 5.75 Å². The molecule has 5 nitrogen and oxygen atoms in total. The molecule has 17 heavy (non-hydrogen) atoms. The number of nitrogens with zero attached hydrogens (tertiary/aromatic N) is 1. The minimum atomic E-state index is -0.914. The number of carboxylic acid groups (broad SMARTS) is 1. The van der Waals surface area contributed by atoms with Crippen molar-refractivity contribution in [2.24, 2.45) is 0 Å². The lowest BCUT2D eigenvalue weighted by atomic mass is 10.1. The van der Waals surface area contributed by atoms with Gasteiger partial charge in [0.05, 0.1) is 19.7 Å². The summed E-state index contributed by atoms with van der Waals surface area (Å²) in [6, 6.07) is 7.15. The Bertz CT molecular complexity index is 516. The lowest BCUT2D eigenvalue weighted by Crippen LogP contribution is -1.99. The van der Waals surface area contributed by atoms with E-state index in [1.54, 1.807) is 31.4 Å². The molecule has 88 valence electrons. The fraction of sp³-hybridized carbons (Fsp3) is 0.167. The highest BCUT2D eigenvalue weighted by Gasteiger charge is 2.13. The van der Waals surface area contributed by atoms with E-state index < -0.39 is 5.97 Å². The highest BCUT2D eigenvalue weighted by molar-refractivity contribution is 5.74. The summed E-state index contributed by atoms with van der Waals surface area (Å²) in [7, 11) is 1.58. The van der Waals surface area contributed by atoms with Crippen LogP contribution in [0.3, 0.4) is 0 Å². The van der Waals surface area contributed by atoms with Gasteiger partial charge in [0, 0.05) is 11.1 Å². The molecule has 0 saturated heterocycles. The van der Waals surface area contributed by atoms with E-state index in [1.165, 1.54) is 6.20 Å². The van der Waals surface area contributed by atoms with E-state index >= 15 is 0 Å². The quantitative estimate of drug-likeness (QED) is 0.874. The number of hydrogen-bond acceptors (Lipinski definition) is 4. The van der Waals surface area contributed by atoms with E-state index in [9.17, 15) is 4.79 Å². The molecule has 0 amide bonds. The van der Waals surface area contributed by atoms with Crippen molar-refractivity contribution in [3.8, 4) is 17.1 Å². The largest absolute Gasteiger partial charge is 0.497 e. The number of carbonyl (C=O) groups is 1. The first-order chi connectivity index (χ1) is 8.20. The second-order valence-electron chi connectivity index (χ2n) is 3.48. The molecular formula is C12H11NO4. The fourth-order valence-electron chi connectivity index (χ4n) is 1.53. The summed E-state index contributed by atoms with van der Waals surface area (Å²) in [5.41, 5.74) is 1.34. The van der Waals surface area contributed by atoms with Gasteiger partial charge in [-0.2, -0.15) is 0 Å². The summed E-state index contributed by atoms with van der Waals surface area (Å²) in [6.45, 7) is 0. The number of aliphatic carboxylic acids is 1. The van der Waals surface area contributed by atoms with Crippen molar-refractivity contribution in [1.82, 2.24) is 5.16 Å². The van der Waals surface area contributed by atoms with Crippen LogP contribution in [0.25, 0.3) is 11.3 Å². The first kappa shape index (κ1) is 11.2. The Kier molecular flexibility index (Phi) is 3.09. The molecule has 2 aromatic rings. The minimum absolute atomic E-state index is 0.106. The Hall–Kier alpha value is -2.30. The van der Waals surface area contributed by atoms with Crippen molar-refractivity contribution in [3.63, 3.8) is 0 Å². The van der Waals surface area contributed by atoms with Crippen molar-refractivity contribution in [2.75, 3.05) is 7.11 Å². The molecule has 0 atom stereocenters. The molecule has 2 rings (SSSR count). The van der Waals surface area contributed by atoms with Gasteiger partial charge in [-0.05, 0) is 24.3 Å². The molecule has 5 heteroatoms. The molecular weight excluding hydrogens is 222 g/mol. The van der Waals surface area contributed by atoms with Crippen LogP contribution in [-0.2, 0) is 11.2 Å². The van der Waals surface area contributed by atoms with Gasteiger partial charge < -0.3 is 14.4 Å². The van der Waals surface area contributed by atoms with Crippen molar-refractivity contribution in [3.05, 3.63) is 36.0 Å². The Balaban J connectivity index is 2.32. The first-order valence-corrected chi connectivity index (χ1v) is 5.00. The molecule has 1 N–H and O–H groups in total. The zero-order valence-corrected chi connectivity index (χ0v) is 9.21. The molecule has 1 heterocycles. The topological polar surface area (TPSA) is 72.6 Å². The number of methoxy groups -OCH3 is 1. The zero-order valence-electron chi connectivity index (χ0n) is 9.21. The van der Waals surface area contributed by atoms with E-state index in [0.717, 1.165) is 11.3 Å². The highest BCUT2D eigenvalue weighted by atomic mass is 16.5. The van der Waals surface area contributed by atoms with Crippen LogP contribution in [-0.4, -0.2) is 23.3 Å². The smallest absolute Gasteiger partial charge is 0.308 e. The summed E-state index contributed by atoms with van der Waals surface area (Å²) >= 11 is 0. The maximum absolute atomic E-state index is 10.7. The molecule has 0 aliphatic carbocycles. The number of rotatable bonds is 4. The van der Waals surface area contributed by atoms with Gasteiger partial charge in [0.25, 0.3) is 0 Å². The average Bonchev–Trinajstić information content (AvgIpc) is 2.76. The first-order valence-electron chi connectivity index (χ1n) is 5.00. The van der Waals surface area contributed by atoms with Gasteiger partial charge in [-0.1, -0.05) is 5.16 Å². The molecule has 0 fully saturated rings. The predicted molar refractivity (Wildman–Crippen MR) is 59.8 cm³/mol. The number of carboxylic acids is 1. The molecule has 0 unspecified atom stereocenters. The second kappa shape index (κ2) is 4.69. The maximum atomic E-state index is 10.7. The van der Waals surface area contributed by atoms with Crippen LogP contribution in [0.4, 0.5) is 0 Å². The third-order valence-electron chi connectivity index (χ3n) is 2.34. The van der Waals surface area contributed by atoms with Crippen LogP contribution < -0.4 is 4.74 Å². The van der Waals surface area contributed by atoms with Crippen LogP contribution in [0.15, 0.2) is 35.0 Å². The van der Waals surface area contributed by atoms with Gasteiger partial charge >= 0.3 is 5.97 Å². The molecule has 1 aromatic heterocycles. The monoisotopic (exact) mass is 233 g/mol. The predicted octanol–water partition coefficient (Wildman–Crippen LogP) is 1.98. The average molecular weight is 233 g/mol. The van der Waals surface area contributed by atoms with Crippen molar-refractivity contribution >= 4 is 5.97 Å². The molecule has 0 aliphatic rings. The van der Waals surface area contributed by atoms with E-state index in [1.807, 2.05) is 0 Å². The molecule has 1 aromatic carbocycles. The Labute approximate surface area is 97.6 Å². The molecule has 0 aliphatic heterocycles. The van der Waals surface area contributed by atoms with Gasteiger partial charge in [0.2, 0.25) is 0 Å². The van der Waals surface area contributed by atoms with Crippen molar-refractivity contribution in [1.29, 1.82) is 0 Å². The minimum Gasteiger partial charge on any atom is -0.497 e. The summed E-state index contributed by atoms with van der Waals surface area (Å²) in [6.07, 6.45) is 1.32. The second-order valence-corrected chi connectivity index (χ2v) is 3.48. The van der Waals surface area contributed by atoms with Crippen LogP contribution >= 0.6 is 0 Å². The lowest BCUT2D eigenvalue weighted by Gasteiger charge is -2.01. The fourth-order valence-corrected chi connectivity index (χ4v) is 1.53. The zero-order chi connectivity index (χ0) is 12.3. The Morgan fingerprint density at radius 3 is 2.71 bits per heavy atom.